The molecule has 1 heterocycles. The monoisotopic (exact) mass is 358 g/mol. The van der Waals surface area contributed by atoms with Crippen molar-refractivity contribution in [2.45, 2.75) is 33.8 Å². The highest BCUT2D eigenvalue weighted by atomic mass is 32.1. The van der Waals surface area contributed by atoms with Gasteiger partial charge in [0.1, 0.15) is 5.75 Å². The summed E-state index contributed by atoms with van der Waals surface area (Å²) in [5.74, 6) is -0.169. The number of hydrazine groups is 1. The average molecular weight is 358 g/mol. The number of aryl methyl sites for hydroxylation is 2. The molecule has 0 spiro atoms. The number of amides is 2. The molecular weight excluding hydrogens is 336 g/mol. The van der Waals surface area contributed by atoms with Crippen LogP contribution >= 0.6 is 11.3 Å². The smallest absolute Gasteiger partial charge is 0.279 e. The van der Waals surface area contributed by atoms with Crippen LogP contribution in [-0.4, -0.2) is 17.9 Å². The molecule has 2 amide bonds. The Kier molecular flexibility index (Phi) is 6.36. The lowest BCUT2D eigenvalue weighted by atomic mass is 10.1. The molecule has 0 aliphatic rings. The van der Waals surface area contributed by atoms with Crippen molar-refractivity contribution in [3.8, 4) is 5.75 Å². The predicted octanol–water partition coefficient (Wildman–Crippen LogP) is 3.30. The molecule has 1 aromatic carbocycles. The van der Waals surface area contributed by atoms with Crippen molar-refractivity contribution in [3.63, 3.8) is 0 Å². The third-order valence-corrected chi connectivity index (χ3v) is 4.81. The second-order valence-corrected chi connectivity index (χ2v) is 6.69. The Morgan fingerprint density at radius 2 is 1.88 bits per heavy atom. The standard InChI is InChI=1S/C19H22N2O3S/c1-12-6-5-7-16(14(12)3)24-15(4)19(23)21-20-18(22)9-8-17-13(2)10-11-25-17/h5-11,15H,1-4H3,(H,20,22)(H,21,23)/b9-8+/t15-/m0/s1. The Balaban J connectivity index is 1.85. The van der Waals surface area contributed by atoms with Gasteiger partial charge in [0.2, 0.25) is 0 Å². The topological polar surface area (TPSA) is 67.4 Å². The molecule has 2 rings (SSSR count). The minimum absolute atomic E-state index is 0.403. The number of hydrogen-bond donors (Lipinski definition) is 2. The second kappa shape index (κ2) is 8.48. The Bertz CT molecular complexity index is 796. The van der Waals surface area contributed by atoms with Crippen LogP contribution in [0.5, 0.6) is 5.75 Å². The number of nitrogens with one attached hydrogen (secondary N) is 2. The first-order valence-electron chi connectivity index (χ1n) is 7.93. The highest BCUT2D eigenvalue weighted by molar-refractivity contribution is 7.11. The van der Waals surface area contributed by atoms with Crippen LogP contribution in [-0.2, 0) is 9.59 Å². The zero-order valence-corrected chi connectivity index (χ0v) is 15.6. The molecule has 25 heavy (non-hydrogen) atoms. The van der Waals surface area contributed by atoms with E-state index in [1.54, 1.807) is 24.3 Å². The maximum Gasteiger partial charge on any atom is 0.279 e. The molecule has 0 aliphatic carbocycles. The Morgan fingerprint density at radius 1 is 1.12 bits per heavy atom. The van der Waals surface area contributed by atoms with Crippen molar-refractivity contribution in [1.82, 2.24) is 10.9 Å². The summed E-state index contributed by atoms with van der Waals surface area (Å²) in [6.45, 7) is 7.53. The normalized spacial score (nSPS) is 12.0. The summed E-state index contributed by atoms with van der Waals surface area (Å²) in [5.41, 5.74) is 7.91. The van der Waals surface area contributed by atoms with Crippen molar-refractivity contribution in [2.75, 3.05) is 0 Å². The lowest BCUT2D eigenvalue weighted by Gasteiger charge is -2.17. The largest absolute Gasteiger partial charge is 0.481 e. The second-order valence-electron chi connectivity index (χ2n) is 5.74. The van der Waals surface area contributed by atoms with Gasteiger partial charge in [-0.15, -0.1) is 11.3 Å². The van der Waals surface area contributed by atoms with Gasteiger partial charge in [0.25, 0.3) is 11.8 Å². The van der Waals surface area contributed by atoms with Crippen LogP contribution in [0.4, 0.5) is 0 Å². The number of carbonyl (C=O) groups excluding carboxylic acids is 2. The molecule has 1 aromatic heterocycles. The van der Waals surface area contributed by atoms with Crippen molar-refractivity contribution < 1.29 is 14.3 Å². The Morgan fingerprint density at radius 3 is 2.56 bits per heavy atom. The van der Waals surface area contributed by atoms with Gasteiger partial charge in [-0.05, 0) is 68.0 Å². The van der Waals surface area contributed by atoms with E-state index in [0.717, 1.165) is 21.6 Å². The molecule has 0 bridgehead atoms. The maximum absolute atomic E-state index is 12.1. The zero-order valence-electron chi connectivity index (χ0n) is 14.8. The van der Waals surface area contributed by atoms with Crippen LogP contribution in [0.25, 0.3) is 6.08 Å². The molecule has 0 saturated carbocycles. The molecule has 0 aliphatic heterocycles. The molecular formula is C19H22N2O3S. The Labute approximate surface area is 151 Å². The van der Waals surface area contributed by atoms with Crippen LogP contribution in [0, 0.1) is 20.8 Å². The first-order chi connectivity index (χ1) is 11.9. The third-order valence-electron chi connectivity index (χ3n) is 3.82. The summed E-state index contributed by atoms with van der Waals surface area (Å²) in [7, 11) is 0. The van der Waals surface area contributed by atoms with Crippen LogP contribution in [0.15, 0.2) is 35.7 Å². The van der Waals surface area contributed by atoms with Crippen molar-refractivity contribution in [1.29, 1.82) is 0 Å². The van der Waals surface area contributed by atoms with Crippen LogP contribution in [0.1, 0.15) is 28.5 Å². The first kappa shape index (κ1) is 18.7. The molecule has 5 nitrogen and oxygen atoms in total. The third kappa shape index (κ3) is 5.19. The van der Waals surface area contributed by atoms with E-state index >= 15 is 0 Å². The van der Waals surface area contributed by atoms with Crippen molar-refractivity contribution in [2.24, 2.45) is 0 Å². The van der Waals surface area contributed by atoms with Crippen LogP contribution < -0.4 is 15.6 Å². The van der Waals surface area contributed by atoms with Gasteiger partial charge in [-0.2, -0.15) is 0 Å². The van der Waals surface area contributed by atoms with Gasteiger partial charge in [0, 0.05) is 11.0 Å². The quantitative estimate of drug-likeness (QED) is 0.636. The average Bonchev–Trinajstić information content (AvgIpc) is 2.99. The van der Waals surface area contributed by atoms with E-state index in [4.69, 9.17) is 4.74 Å². The maximum atomic E-state index is 12.1. The fourth-order valence-electron chi connectivity index (χ4n) is 2.07. The van der Waals surface area contributed by atoms with Crippen LogP contribution in [0.3, 0.4) is 0 Å². The molecule has 0 radical (unpaired) electrons. The highest BCUT2D eigenvalue weighted by Gasteiger charge is 2.16. The summed E-state index contributed by atoms with van der Waals surface area (Å²) < 4.78 is 5.67. The number of thiophene rings is 1. The van der Waals surface area contributed by atoms with E-state index in [-0.39, 0.29) is 0 Å². The molecule has 2 N–H and O–H groups in total. The van der Waals surface area contributed by atoms with Crippen molar-refractivity contribution in [3.05, 3.63) is 57.3 Å². The lowest BCUT2D eigenvalue weighted by Crippen LogP contribution is -2.46. The number of hydrogen-bond acceptors (Lipinski definition) is 4. The minimum Gasteiger partial charge on any atom is -0.481 e. The van der Waals surface area contributed by atoms with Gasteiger partial charge in [0.05, 0.1) is 0 Å². The molecule has 0 fully saturated rings. The van der Waals surface area contributed by atoms with Gasteiger partial charge in [0.15, 0.2) is 6.10 Å². The van der Waals surface area contributed by atoms with E-state index in [1.165, 1.54) is 6.08 Å². The van der Waals surface area contributed by atoms with E-state index in [2.05, 4.69) is 10.9 Å². The lowest BCUT2D eigenvalue weighted by molar-refractivity contribution is -0.131. The van der Waals surface area contributed by atoms with Gasteiger partial charge in [-0.25, -0.2) is 0 Å². The summed E-state index contributed by atoms with van der Waals surface area (Å²) >= 11 is 1.55. The fourth-order valence-corrected chi connectivity index (χ4v) is 2.89. The zero-order chi connectivity index (χ0) is 18.4. The molecule has 132 valence electrons. The van der Waals surface area contributed by atoms with E-state index < -0.39 is 17.9 Å². The number of rotatable bonds is 5. The van der Waals surface area contributed by atoms with Gasteiger partial charge >= 0.3 is 0 Å². The summed E-state index contributed by atoms with van der Waals surface area (Å²) in [6.07, 6.45) is 2.37. The molecule has 2 aromatic rings. The van der Waals surface area contributed by atoms with Crippen LogP contribution in [0.2, 0.25) is 0 Å². The fraction of sp³-hybridized carbons (Fsp3) is 0.263. The summed E-state index contributed by atoms with van der Waals surface area (Å²) in [5, 5.41) is 1.96. The predicted molar refractivity (Wildman–Crippen MR) is 100 cm³/mol. The number of ether oxygens (including phenoxy) is 1. The van der Waals surface area contributed by atoms with E-state index in [9.17, 15) is 9.59 Å². The van der Waals surface area contributed by atoms with Gasteiger partial charge in [-0.1, -0.05) is 12.1 Å². The van der Waals surface area contributed by atoms with Gasteiger partial charge < -0.3 is 4.74 Å². The van der Waals surface area contributed by atoms with Crippen molar-refractivity contribution >= 4 is 29.2 Å². The molecule has 0 unspecified atom stereocenters. The van der Waals surface area contributed by atoms with E-state index in [0.29, 0.717) is 5.75 Å². The van der Waals surface area contributed by atoms with Gasteiger partial charge in [-0.3, -0.25) is 20.4 Å². The SMILES string of the molecule is Cc1ccsc1/C=C/C(=O)NNC(=O)[C@H](C)Oc1cccc(C)c1C. The first-order valence-corrected chi connectivity index (χ1v) is 8.81. The number of carbonyl (C=O) groups is 2. The minimum atomic E-state index is -0.732. The Hall–Kier alpha value is -2.60. The molecule has 0 saturated heterocycles. The highest BCUT2D eigenvalue weighted by Crippen LogP contribution is 2.21. The van der Waals surface area contributed by atoms with E-state index in [1.807, 2.05) is 50.4 Å². The summed E-state index contributed by atoms with van der Waals surface area (Å²) in [6, 6.07) is 7.66. The number of benzene rings is 1. The summed E-state index contributed by atoms with van der Waals surface area (Å²) in [4.78, 5) is 24.9. The molecule has 6 heteroatoms. The molecule has 1 atom stereocenters.